The lowest BCUT2D eigenvalue weighted by atomic mass is 10.1. The highest BCUT2D eigenvalue weighted by molar-refractivity contribution is 8.18. The van der Waals surface area contributed by atoms with Crippen LogP contribution >= 0.6 is 23.1 Å². The van der Waals surface area contributed by atoms with Crippen LogP contribution in [0.3, 0.4) is 0 Å². The van der Waals surface area contributed by atoms with E-state index in [4.69, 9.17) is 0 Å². The molecule has 3 aromatic rings. The first-order chi connectivity index (χ1) is 14.0. The monoisotopic (exact) mass is 421 g/mol. The van der Waals surface area contributed by atoms with Crippen molar-refractivity contribution in [1.29, 1.82) is 0 Å². The first-order valence-electron chi connectivity index (χ1n) is 8.67. The van der Waals surface area contributed by atoms with Crippen LogP contribution in [0.5, 0.6) is 0 Å². The summed E-state index contributed by atoms with van der Waals surface area (Å²) in [6, 6.07) is 14.8. The third-order valence-corrected chi connectivity index (χ3v) is 5.75. The number of aromatic nitrogens is 1. The van der Waals surface area contributed by atoms with E-state index in [0.29, 0.717) is 15.6 Å². The number of aryl methyl sites for hydroxylation is 1. The Morgan fingerprint density at radius 3 is 2.45 bits per heavy atom. The van der Waals surface area contributed by atoms with Crippen LogP contribution < -0.4 is 10.6 Å². The molecule has 8 heteroatoms. The SMILES string of the molecule is Cc1ccc(-c2csc(NC(=O)c3ccc(/C=C4\SC(=O)NC4=O)cc3)n2)cc1. The fourth-order valence-corrected chi connectivity index (χ4v) is 4.06. The summed E-state index contributed by atoms with van der Waals surface area (Å²) >= 11 is 2.22. The van der Waals surface area contributed by atoms with Gasteiger partial charge in [-0.25, -0.2) is 4.98 Å². The lowest BCUT2D eigenvalue weighted by Gasteiger charge is -2.03. The van der Waals surface area contributed by atoms with Crippen molar-refractivity contribution in [2.75, 3.05) is 5.32 Å². The van der Waals surface area contributed by atoms with Gasteiger partial charge in [0.1, 0.15) is 0 Å². The Balaban J connectivity index is 1.44. The van der Waals surface area contributed by atoms with Crippen LogP contribution in [0.25, 0.3) is 17.3 Å². The van der Waals surface area contributed by atoms with E-state index in [1.165, 1.54) is 16.9 Å². The minimum atomic E-state index is -0.407. The molecule has 4 rings (SSSR count). The first kappa shape index (κ1) is 19.1. The van der Waals surface area contributed by atoms with Gasteiger partial charge in [0, 0.05) is 16.5 Å². The van der Waals surface area contributed by atoms with Crippen LogP contribution in [0.4, 0.5) is 9.93 Å². The normalized spacial score (nSPS) is 14.9. The molecule has 1 aliphatic heterocycles. The van der Waals surface area contributed by atoms with Gasteiger partial charge in [0.2, 0.25) is 0 Å². The fraction of sp³-hybridized carbons (Fsp3) is 0.0476. The fourth-order valence-electron chi connectivity index (χ4n) is 2.66. The number of thioether (sulfide) groups is 1. The van der Waals surface area contributed by atoms with Crippen molar-refractivity contribution in [3.63, 3.8) is 0 Å². The smallest absolute Gasteiger partial charge is 0.290 e. The summed E-state index contributed by atoms with van der Waals surface area (Å²) < 4.78 is 0. The molecule has 6 nitrogen and oxygen atoms in total. The molecule has 0 radical (unpaired) electrons. The Bertz CT molecular complexity index is 1130. The standard InChI is InChI=1S/C21H15N3O3S2/c1-12-2-6-14(7-3-12)16-11-28-20(22-16)23-18(25)15-8-4-13(5-9-15)10-17-19(26)24-21(27)29-17/h2-11H,1H3,(H,22,23,25)(H,24,26,27)/b17-10-. The van der Waals surface area contributed by atoms with Gasteiger partial charge in [-0.2, -0.15) is 0 Å². The molecule has 1 saturated heterocycles. The molecule has 144 valence electrons. The zero-order chi connectivity index (χ0) is 20.4. The van der Waals surface area contributed by atoms with Crippen LogP contribution in [0.1, 0.15) is 21.5 Å². The maximum Gasteiger partial charge on any atom is 0.290 e. The molecule has 29 heavy (non-hydrogen) atoms. The number of thiazole rings is 1. The summed E-state index contributed by atoms with van der Waals surface area (Å²) in [7, 11) is 0. The highest BCUT2D eigenvalue weighted by atomic mass is 32.2. The highest BCUT2D eigenvalue weighted by Crippen LogP contribution is 2.27. The summed E-state index contributed by atoms with van der Waals surface area (Å²) in [4.78, 5) is 40.1. The number of carbonyl (C=O) groups excluding carboxylic acids is 3. The molecule has 0 spiro atoms. The largest absolute Gasteiger partial charge is 0.298 e. The second-order valence-corrected chi connectivity index (χ2v) is 8.21. The van der Waals surface area contributed by atoms with E-state index in [0.717, 1.165) is 28.6 Å². The Labute approximate surface area is 175 Å². The number of amides is 3. The van der Waals surface area contributed by atoms with E-state index >= 15 is 0 Å². The summed E-state index contributed by atoms with van der Waals surface area (Å²) in [5.41, 5.74) is 4.19. The van der Waals surface area contributed by atoms with Crippen molar-refractivity contribution in [2.45, 2.75) is 6.92 Å². The topological polar surface area (TPSA) is 88.2 Å². The molecule has 1 aliphatic rings. The van der Waals surface area contributed by atoms with Crippen molar-refractivity contribution in [3.8, 4) is 11.3 Å². The highest BCUT2D eigenvalue weighted by Gasteiger charge is 2.24. The van der Waals surface area contributed by atoms with E-state index in [9.17, 15) is 14.4 Å². The predicted molar refractivity (Wildman–Crippen MR) is 116 cm³/mol. The van der Waals surface area contributed by atoms with Gasteiger partial charge < -0.3 is 0 Å². The van der Waals surface area contributed by atoms with Crippen molar-refractivity contribution in [2.24, 2.45) is 0 Å². The van der Waals surface area contributed by atoms with E-state index in [1.54, 1.807) is 30.3 Å². The number of nitrogens with zero attached hydrogens (tertiary/aromatic N) is 1. The molecule has 2 heterocycles. The Morgan fingerprint density at radius 1 is 1.07 bits per heavy atom. The van der Waals surface area contributed by atoms with Crippen LogP contribution in [0, 0.1) is 6.92 Å². The molecule has 3 amide bonds. The van der Waals surface area contributed by atoms with Crippen LogP contribution in [-0.4, -0.2) is 22.0 Å². The summed E-state index contributed by atoms with van der Waals surface area (Å²) in [5.74, 6) is -0.674. The third kappa shape index (κ3) is 4.44. The van der Waals surface area contributed by atoms with Gasteiger partial charge >= 0.3 is 0 Å². The number of benzene rings is 2. The van der Waals surface area contributed by atoms with E-state index < -0.39 is 5.91 Å². The predicted octanol–water partition coefficient (Wildman–Crippen LogP) is 4.69. The van der Waals surface area contributed by atoms with Crippen molar-refractivity contribution in [3.05, 3.63) is 75.5 Å². The maximum absolute atomic E-state index is 12.5. The number of hydrogen-bond donors (Lipinski definition) is 2. The maximum atomic E-state index is 12.5. The van der Waals surface area contributed by atoms with Gasteiger partial charge in [-0.1, -0.05) is 42.0 Å². The number of imide groups is 1. The molecule has 0 unspecified atom stereocenters. The lowest BCUT2D eigenvalue weighted by molar-refractivity contribution is -0.115. The average Bonchev–Trinajstić information content (AvgIpc) is 3.29. The molecule has 1 aromatic heterocycles. The minimum absolute atomic E-state index is 0.267. The Kier molecular flexibility index (Phi) is 5.28. The van der Waals surface area contributed by atoms with Gasteiger partial charge in [0.15, 0.2) is 5.13 Å². The van der Waals surface area contributed by atoms with Crippen LogP contribution in [0.15, 0.2) is 58.8 Å². The van der Waals surface area contributed by atoms with Gasteiger partial charge in [-0.05, 0) is 42.5 Å². The second kappa shape index (κ2) is 8.02. The molecule has 0 atom stereocenters. The average molecular weight is 422 g/mol. The molecule has 0 saturated carbocycles. The number of carbonyl (C=O) groups is 3. The molecule has 0 bridgehead atoms. The van der Waals surface area contributed by atoms with Crippen LogP contribution in [0.2, 0.25) is 0 Å². The first-order valence-corrected chi connectivity index (χ1v) is 10.4. The molecule has 1 fully saturated rings. The van der Waals surface area contributed by atoms with Gasteiger partial charge in [-0.15, -0.1) is 11.3 Å². The van der Waals surface area contributed by atoms with E-state index in [1.807, 2.05) is 36.6 Å². The zero-order valence-electron chi connectivity index (χ0n) is 15.3. The zero-order valence-corrected chi connectivity index (χ0v) is 16.9. The van der Waals surface area contributed by atoms with E-state index in [2.05, 4.69) is 15.6 Å². The lowest BCUT2D eigenvalue weighted by Crippen LogP contribution is -2.17. The summed E-state index contributed by atoms with van der Waals surface area (Å²) in [5, 5.41) is 7.06. The Morgan fingerprint density at radius 2 is 1.79 bits per heavy atom. The van der Waals surface area contributed by atoms with Crippen LogP contribution in [-0.2, 0) is 4.79 Å². The summed E-state index contributed by atoms with van der Waals surface area (Å²) in [6.07, 6.45) is 1.61. The number of anilines is 1. The molecule has 2 N–H and O–H groups in total. The molecule has 0 aliphatic carbocycles. The van der Waals surface area contributed by atoms with E-state index in [-0.39, 0.29) is 11.1 Å². The van der Waals surface area contributed by atoms with Gasteiger partial charge in [0.05, 0.1) is 10.6 Å². The number of nitrogens with one attached hydrogen (secondary N) is 2. The second-order valence-electron chi connectivity index (χ2n) is 6.33. The Hall–Kier alpha value is -3.23. The van der Waals surface area contributed by atoms with Crippen molar-refractivity contribution >= 4 is 51.4 Å². The quantitative estimate of drug-likeness (QED) is 0.597. The molecule has 2 aromatic carbocycles. The number of rotatable bonds is 4. The number of hydrogen-bond acceptors (Lipinski definition) is 6. The molecular formula is C21H15N3O3S2. The van der Waals surface area contributed by atoms with Crippen molar-refractivity contribution < 1.29 is 14.4 Å². The minimum Gasteiger partial charge on any atom is -0.298 e. The summed E-state index contributed by atoms with van der Waals surface area (Å²) in [6.45, 7) is 2.03. The van der Waals surface area contributed by atoms with Gasteiger partial charge in [0.25, 0.3) is 17.1 Å². The van der Waals surface area contributed by atoms with Crippen molar-refractivity contribution in [1.82, 2.24) is 10.3 Å². The van der Waals surface area contributed by atoms with Gasteiger partial charge in [-0.3, -0.25) is 25.0 Å². The molecular weight excluding hydrogens is 406 g/mol. The third-order valence-electron chi connectivity index (χ3n) is 4.18.